The molecule has 0 saturated heterocycles. The molecule has 12 rings (SSSR count). The number of hydrogen-bond donors (Lipinski definition) is 0. The molecule has 0 radical (unpaired) electrons. The minimum absolute atomic E-state index is 0.871. The standard InChI is InChI=1S/C62H40O/c1-6-18-41(19-7-1)46-30-33-53-56(38-46)61(52-36-35-49(42-20-8-2-9-21-42)50-28-16-17-29-51(50)52)54-34-31-47(39-55(54)59(53)43-22-10-3-11-23-43)48-32-37-58-57(40-48)60(44-24-12-4-13-25-44)62(63-58)45-26-14-5-15-27-45/h1-40H. The molecule has 0 amide bonds. The average molecular weight is 801 g/mol. The molecule has 1 heterocycles. The van der Waals surface area contributed by atoms with Crippen LogP contribution in [0.25, 0.3) is 121 Å². The minimum atomic E-state index is 0.871. The molecule has 0 aliphatic heterocycles. The number of furan rings is 1. The highest BCUT2D eigenvalue weighted by Crippen LogP contribution is 2.49. The van der Waals surface area contributed by atoms with Crippen LogP contribution < -0.4 is 0 Å². The zero-order chi connectivity index (χ0) is 41.7. The zero-order valence-electron chi connectivity index (χ0n) is 34.5. The minimum Gasteiger partial charge on any atom is -0.455 e. The second kappa shape index (κ2) is 15.3. The van der Waals surface area contributed by atoms with E-state index in [1.807, 2.05) is 0 Å². The molecule has 0 N–H and O–H groups in total. The predicted molar refractivity (Wildman–Crippen MR) is 267 cm³/mol. The molecule has 0 aliphatic rings. The van der Waals surface area contributed by atoms with Gasteiger partial charge in [0.05, 0.1) is 0 Å². The Labute approximate surface area is 366 Å². The summed E-state index contributed by atoms with van der Waals surface area (Å²) in [7, 11) is 0. The van der Waals surface area contributed by atoms with Crippen molar-refractivity contribution in [2.24, 2.45) is 0 Å². The molecule has 1 nitrogen and oxygen atoms in total. The van der Waals surface area contributed by atoms with E-state index in [1.165, 1.54) is 76.8 Å². The molecular weight excluding hydrogens is 761 g/mol. The summed E-state index contributed by atoms with van der Waals surface area (Å²) in [6.07, 6.45) is 0. The van der Waals surface area contributed by atoms with Gasteiger partial charge in [-0.1, -0.05) is 218 Å². The van der Waals surface area contributed by atoms with Crippen molar-refractivity contribution < 1.29 is 4.42 Å². The van der Waals surface area contributed by atoms with E-state index in [4.69, 9.17) is 4.42 Å². The highest BCUT2D eigenvalue weighted by molar-refractivity contribution is 6.25. The van der Waals surface area contributed by atoms with Gasteiger partial charge in [-0.05, 0) is 118 Å². The van der Waals surface area contributed by atoms with Crippen molar-refractivity contribution in [2.45, 2.75) is 0 Å². The first-order valence-electron chi connectivity index (χ1n) is 21.7. The summed E-state index contributed by atoms with van der Waals surface area (Å²) in [6, 6.07) is 87.9. The normalized spacial score (nSPS) is 11.5. The summed E-state index contributed by atoms with van der Waals surface area (Å²) in [4.78, 5) is 0. The number of rotatable bonds is 7. The fourth-order valence-corrected chi connectivity index (χ4v) is 9.77. The van der Waals surface area contributed by atoms with Crippen LogP contribution >= 0.6 is 0 Å². The maximum absolute atomic E-state index is 6.70. The van der Waals surface area contributed by atoms with E-state index in [0.717, 1.165) is 44.5 Å². The van der Waals surface area contributed by atoms with Crippen LogP contribution in [0.5, 0.6) is 0 Å². The maximum atomic E-state index is 6.70. The first kappa shape index (κ1) is 36.6. The molecular formula is C62H40O. The Kier molecular flexibility index (Phi) is 8.90. The summed E-state index contributed by atoms with van der Waals surface area (Å²) in [5.74, 6) is 0.885. The van der Waals surface area contributed by atoms with Crippen molar-refractivity contribution in [3.05, 3.63) is 243 Å². The molecule has 12 aromatic rings. The maximum Gasteiger partial charge on any atom is 0.143 e. The van der Waals surface area contributed by atoms with E-state index in [1.54, 1.807) is 0 Å². The third kappa shape index (κ3) is 6.33. The van der Waals surface area contributed by atoms with Gasteiger partial charge in [-0.15, -0.1) is 0 Å². The molecule has 11 aromatic carbocycles. The molecule has 0 bridgehead atoms. The lowest BCUT2D eigenvalue weighted by Gasteiger charge is -2.21. The Morgan fingerprint density at radius 1 is 0.206 bits per heavy atom. The average Bonchev–Trinajstić information content (AvgIpc) is 3.75. The first-order valence-corrected chi connectivity index (χ1v) is 21.7. The second-order valence-corrected chi connectivity index (χ2v) is 16.3. The van der Waals surface area contributed by atoms with E-state index in [-0.39, 0.29) is 0 Å². The van der Waals surface area contributed by atoms with Gasteiger partial charge < -0.3 is 4.42 Å². The van der Waals surface area contributed by atoms with Crippen LogP contribution in [-0.2, 0) is 0 Å². The Bertz CT molecular complexity index is 3630. The predicted octanol–water partition coefficient (Wildman–Crippen LogP) is 17.6. The van der Waals surface area contributed by atoms with Crippen LogP contribution in [0.1, 0.15) is 0 Å². The lowest BCUT2D eigenvalue weighted by Crippen LogP contribution is -1.94. The van der Waals surface area contributed by atoms with E-state index in [9.17, 15) is 0 Å². The fourth-order valence-electron chi connectivity index (χ4n) is 9.77. The van der Waals surface area contributed by atoms with Gasteiger partial charge in [-0.25, -0.2) is 0 Å². The number of hydrogen-bond acceptors (Lipinski definition) is 1. The largest absolute Gasteiger partial charge is 0.455 e. The Morgan fingerprint density at radius 3 is 1.22 bits per heavy atom. The van der Waals surface area contributed by atoms with E-state index < -0.39 is 0 Å². The molecule has 1 heteroatoms. The van der Waals surface area contributed by atoms with E-state index >= 15 is 0 Å². The van der Waals surface area contributed by atoms with Crippen LogP contribution in [0.3, 0.4) is 0 Å². The van der Waals surface area contributed by atoms with E-state index in [2.05, 4.69) is 243 Å². The Balaban J connectivity index is 1.16. The molecule has 0 fully saturated rings. The molecule has 0 spiro atoms. The summed E-state index contributed by atoms with van der Waals surface area (Å²) < 4.78 is 6.70. The summed E-state index contributed by atoms with van der Waals surface area (Å²) in [6.45, 7) is 0. The van der Waals surface area contributed by atoms with Crippen molar-refractivity contribution in [3.8, 4) is 78.1 Å². The van der Waals surface area contributed by atoms with Crippen LogP contribution in [0.15, 0.2) is 247 Å². The smallest absolute Gasteiger partial charge is 0.143 e. The van der Waals surface area contributed by atoms with Crippen LogP contribution in [-0.4, -0.2) is 0 Å². The molecule has 1 aromatic heterocycles. The topological polar surface area (TPSA) is 13.1 Å². The third-order valence-corrected chi connectivity index (χ3v) is 12.7. The lowest BCUT2D eigenvalue weighted by atomic mass is 9.82. The Hall–Kier alpha value is -8.26. The molecule has 294 valence electrons. The van der Waals surface area contributed by atoms with Gasteiger partial charge in [0.2, 0.25) is 0 Å². The molecule has 0 atom stereocenters. The Morgan fingerprint density at radius 2 is 0.619 bits per heavy atom. The molecule has 0 saturated carbocycles. The first-order chi connectivity index (χ1) is 31.3. The molecule has 0 unspecified atom stereocenters. The zero-order valence-corrected chi connectivity index (χ0v) is 34.5. The van der Waals surface area contributed by atoms with Crippen molar-refractivity contribution in [3.63, 3.8) is 0 Å². The van der Waals surface area contributed by atoms with Gasteiger partial charge in [0.1, 0.15) is 11.3 Å². The van der Waals surface area contributed by atoms with Crippen LogP contribution in [0, 0.1) is 0 Å². The summed E-state index contributed by atoms with van der Waals surface area (Å²) >= 11 is 0. The van der Waals surface area contributed by atoms with Crippen molar-refractivity contribution in [1.82, 2.24) is 0 Å². The van der Waals surface area contributed by atoms with Gasteiger partial charge in [-0.3, -0.25) is 0 Å². The van der Waals surface area contributed by atoms with E-state index in [0.29, 0.717) is 0 Å². The summed E-state index contributed by atoms with van der Waals surface area (Å²) in [5, 5.41) is 8.45. The van der Waals surface area contributed by atoms with Gasteiger partial charge in [-0.2, -0.15) is 0 Å². The third-order valence-electron chi connectivity index (χ3n) is 12.7. The monoisotopic (exact) mass is 800 g/mol. The van der Waals surface area contributed by atoms with Gasteiger partial charge in [0, 0.05) is 16.5 Å². The highest BCUT2D eigenvalue weighted by atomic mass is 16.3. The SMILES string of the molecule is c1ccc(-c2ccc3c(-c4ccccc4)c4cc(-c5ccc6oc(-c7ccccc7)c(-c7ccccc7)c6c5)ccc4c(-c4ccc(-c5ccccc5)c5ccccc45)c3c2)cc1. The summed E-state index contributed by atoms with van der Waals surface area (Å²) in [5.41, 5.74) is 16.2. The van der Waals surface area contributed by atoms with Gasteiger partial charge in [0.25, 0.3) is 0 Å². The van der Waals surface area contributed by atoms with Crippen LogP contribution in [0.2, 0.25) is 0 Å². The van der Waals surface area contributed by atoms with Crippen molar-refractivity contribution in [1.29, 1.82) is 0 Å². The van der Waals surface area contributed by atoms with Gasteiger partial charge >= 0.3 is 0 Å². The van der Waals surface area contributed by atoms with Crippen molar-refractivity contribution >= 4 is 43.3 Å². The molecule has 63 heavy (non-hydrogen) atoms. The van der Waals surface area contributed by atoms with Crippen molar-refractivity contribution in [2.75, 3.05) is 0 Å². The fraction of sp³-hybridized carbons (Fsp3) is 0. The van der Waals surface area contributed by atoms with Crippen LogP contribution in [0.4, 0.5) is 0 Å². The lowest BCUT2D eigenvalue weighted by molar-refractivity contribution is 0.632. The quantitative estimate of drug-likeness (QED) is 0.146. The second-order valence-electron chi connectivity index (χ2n) is 16.3. The number of fused-ring (bicyclic) bond motifs is 4. The highest BCUT2D eigenvalue weighted by Gasteiger charge is 2.22. The number of benzene rings is 11. The molecule has 0 aliphatic carbocycles. The van der Waals surface area contributed by atoms with Gasteiger partial charge in [0.15, 0.2) is 0 Å².